The fourth-order valence-corrected chi connectivity index (χ4v) is 6.12. The topological polar surface area (TPSA) is 209 Å². The molecule has 0 aliphatic carbocycles. The van der Waals surface area contributed by atoms with Crippen molar-refractivity contribution in [3.05, 3.63) is 0 Å². The molecular formula is C38H75N3O13. The third kappa shape index (κ3) is 16.9. The number of aliphatic hydroxyl groups excluding tert-OH is 5. The third-order valence-corrected chi connectivity index (χ3v) is 8.82. The molecule has 6 N–H and O–H groups in total. The Labute approximate surface area is 323 Å². The minimum Gasteiger partial charge on any atom is -0.396 e. The van der Waals surface area contributed by atoms with Crippen molar-refractivity contribution < 1.29 is 63.5 Å². The zero-order valence-corrected chi connectivity index (χ0v) is 34.8. The van der Waals surface area contributed by atoms with E-state index in [1.807, 2.05) is 27.8 Å². The molecule has 0 radical (unpaired) electrons. The molecule has 2 heterocycles. The number of carbonyl (C=O) groups is 2. The lowest BCUT2D eigenvalue weighted by Gasteiger charge is -2.43. The molecule has 2 fully saturated rings. The zero-order chi connectivity index (χ0) is 41.1. The number of aliphatic hydroxyl groups is 5. The molecule has 2 saturated heterocycles. The van der Waals surface area contributed by atoms with Crippen molar-refractivity contribution in [1.82, 2.24) is 15.1 Å². The number of rotatable bonds is 22. The lowest BCUT2D eigenvalue weighted by Crippen LogP contribution is -2.63. The van der Waals surface area contributed by atoms with Gasteiger partial charge in [0.05, 0.1) is 24.4 Å². The zero-order valence-electron chi connectivity index (χ0n) is 34.8. The van der Waals surface area contributed by atoms with Crippen molar-refractivity contribution in [3.8, 4) is 0 Å². The van der Waals surface area contributed by atoms with Gasteiger partial charge in [0.25, 0.3) is 11.8 Å². The molecule has 0 aromatic rings. The van der Waals surface area contributed by atoms with Crippen LogP contribution in [0.2, 0.25) is 0 Å². The molecule has 0 aromatic heterocycles. The van der Waals surface area contributed by atoms with Crippen molar-refractivity contribution >= 4 is 11.8 Å². The summed E-state index contributed by atoms with van der Waals surface area (Å²) < 4.78 is 34.1. The van der Waals surface area contributed by atoms with Crippen molar-refractivity contribution in [2.24, 2.45) is 0 Å². The summed E-state index contributed by atoms with van der Waals surface area (Å²) in [6.07, 6.45) is -6.94. The smallest absolute Gasteiger partial charge is 0.254 e. The lowest BCUT2D eigenvalue weighted by molar-refractivity contribution is -0.309. The van der Waals surface area contributed by atoms with Gasteiger partial charge >= 0.3 is 0 Å². The monoisotopic (exact) mass is 782 g/mol. The predicted molar refractivity (Wildman–Crippen MR) is 202 cm³/mol. The molecule has 54 heavy (non-hydrogen) atoms. The molecule has 0 spiro atoms. The molecule has 0 bridgehead atoms. The van der Waals surface area contributed by atoms with Gasteiger partial charge in [-0.15, -0.1) is 0 Å². The first kappa shape index (κ1) is 50.5. The number of nitrogens with one attached hydrogen (secondary N) is 1. The van der Waals surface area contributed by atoms with Crippen LogP contribution in [-0.4, -0.2) is 180 Å². The van der Waals surface area contributed by atoms with E-state index >= 15 is 0 Å². The predicted octanol–water partition coefficient (Wildman–Crippen LogP) is 1.16. The van der Waals surface area contributed by atoms with E-state index in [1.165, 1.54) is 0 Å². The van der Waals surface area contributed by atoms with Gasteiger partial charge < -0.3 is 69.1 Å². The number of likely N-dealkylation sites (N-methyl/N-ethyl adjacent to an activating group) is 2. The summed E-state index contributed by atoms with van der Waals surface area (Å²) in [5.41, 5.74) is 0. The maximum Gasteiger partial charge on any atom is 0.254 e. The highest BCUT2D eigenvalue weighted by atomic mass is 16.7. The standard InChI is InChI=1S/C20H40N2O6.C18H35NO7/c1-13(2)26-17-15(23)16(24)20(27-14(3)4)28-18(17)19(25)22(6)12-10-8-7-9-11-21-5;1-6-19(9-7-8-10-20)17(23)16-15(24-11(2)3)13(21)14(22)18(26-16)25-12(4)5/h13-18,20-21,23-24H,7-12H2,1-6H3;11-16,18,20-22H,6-10H2,1-5H3/t15-,16+,17-,18?,20-;13-,14+,15-,16?,18-/m11/s1. The molecule has 10 atom stereocenters. The van der Waals surface area contributed by atoms with E-state index in [4.69, 9.17) is 33.5 Å². The van der Waals surface area contributed by atoms with Gasteiger partial charge in [-0.05, 0) is 102 Å². The van der Waals surface area contributed by atoms with E-state index in [9.17, 15) is 30.0 Å². The van der Waals surface area contributed by atoms with Crippen LogP contribution < -0.4 is 5.32 Å². The first-order valence-corrected chi connectivity index (χ1v) is 19.9. The summed E-state index contributed by atoms with van der Waals surface area (Å²) >= 11 is 0. The molecule has 320 valence electrons. The maximum absolute atomic E-state index is 13.0. The number of carbonyl (C=O) groups excluding carboxylic acids is 2. The minimum absolute atomic E-state index is 0.0694. The maximum atomic E-state index is 13.0. The van der Waals surface area contributed by atoms with Gasteiger partial charge in [0.15, 0.2) is 24.8 Å². The highest BCUT2D eigenvalue weighted by molar-refractivity contribution is 5.82. The Morgan fingerprint density at radius 3 is 1.46 bits per heavy atom. The van der Waals surface area contributed by atoms with Crippen LogP contribution in [0.5, 0.6) is 0 Å². The van der Waals surface area contributed by atoms with Gasteiger partial charge in [0, 0.05) is 33.3 Å². The summed E-state index contributed by atoms with van der Waals surface area (Å²) in [5.74, 6) is -0.594. The molecular weight excluding hydrogens is 706 g/mol. The van der Waals surface area contributed by atoms with Crippen LogP contribution in [0.25, 0.3) is 0 Å². The van der Waals surface area contributed by atoms with Crippen LogP contribution in [0.15, 0.2) is 0 Å². The number of amides is 2. The number of hydrogen-bond donors (Lipinski definition) is 6. The van der Waals surface area contributed by atoms with E-state index in [2.05, 4.69) is 5.32 Å². The van der Waals surface area contributed by atoms with Gasteiger partial charge in [0.2, 0.25) is 0 Å². The second kappa shape index (κ2) is 26.4. The number of ether oxygens (including phenoxy) is 6. The van der Waals surface area contributed by atoms with Crippen LogP contribution in [0.3, 0.4) is 0 Å². The van der Waals surface area contributed by atoms with Crippen LogP contribution in [0.4, 0.5) is 0 Å². The third-order valence-electron chi connectivity index (χ3n) is 8.82. The van der Waals surface area contributed by atoms with E-state index in [-0.39, 0.29) is 42.8 Å². The van der Waals surface area contributed by atoms with E-state index < -0.39 is 61.4 Å². The van der Waals surface area contributed by atoms with Crippen LogP contribution in [0, 0.1) is 0 Å². The summed E-state index contributed by atoms with van der Waals surface area (Å²) in [6, 6.07) is 0. The van der Waals surface area contributed by atoms with Gasteiger partial charge in [-0.25, -0.2) is 0 Å². The molecule has 2 aliphatic rings. The molecule has 16 nitrogen and oxygen atoms in total. The highest BCUT2D eigenvalue weighted by Crippen LogP contribution is 2.29. The largest absolute Gasteiger partial charge is 0.396 e. The SMILES string of the molecule is CCN(CCCCO)C(=O)C1O[C@@H](OC(C)C)[C@@H](O)[C@@H](O)[C@H]1OC(C)C.CNCCCCCCN(C)C(=O)C1O[C@@H](OC(C)C)[C@@H](O)[C@@H](O)[C@H]1OC(C)C. The second-order valence-corrected chi connectivity index (χ2v) is 15.1. The minimum atomic E-state index is -1.31. The Kier molecular flexibility index (Phi) is 24.7. The Balaban J connectivity index is 0.000000541. The van der Waals surface area contributed by atoms with E-state index in [1.54, 1.807) is 58.4 Å². The molecule has 16 heteroatoms. The van der Waals surface area contributed by atoms with Crippen molar-refractivity contribution in [2.75, 3.05) is 46.9 Å². The van der Waals surface area contributed by atoms with Gasteiger partial charge in [-0.3, -0.25) is 9.59 Å². The molecule has 2 aliphatic heterocycles. The fraction of sp³-hybridized carbons (Fsp3) is 0.947. The Morgan fingerprint density at radius 2 is 1.06 bits per heavy atom. The molecule has 2 amide bonds. The van der Waals surface area contributed by atoms with Crippen molar-refractivity contribution in [3.63, 3.8) is 0 Å². The highest BCUT2D eigenvalue weighted by Gasteiger charge is 2.51. The number of unbranched alkanes of at least 4 members (excludes halogenated alkanes) is 4. The van der Waals surface area contributed by atoms with Crippen LogP contribution in [0.1, 0.15) is 101 Å². The first-order valence-electron chi connectivity index (χ1n) is 19.9. The fourth-order valence-electron chi connectivity index (χ4n) is 6.12. The van der Waals surface area contributed by atoms with Gasteiger partial charge in [-0.1, -0.05) is 12.8 Å². The average molecular weight is 782 g/mol. The number of nitrogens with zero attached hydrogens (tertiary/aromatic N) is 2. The number of hydrogen-bond acceptors (Lipinski definition) is 14. The summed E-state index contributed by atoms with van der Waals surface area (Å²) in [6.45, 7) is 18.8. The average Bonchev–Trinajstić information content (AvgIpc) is 3.10. The van der Waals surface area contributed by atoms with E-state index in [0.29, 0.717) is 32.5 Å². The summed E-state index contributed by atoms with van der Waals surface area (Å²) in [5, 5.41) is 53.8. The Hall–Kier alpha value is -1.54. The molecule has 0 saturated carbocycles. The first-order chi connectivity index (χ1) is 25.4. The quantitative estimate of drug-likeness (QED) is 0.0853. The molecule has 2 unspecified atom stereocenters. The summed E-state index contributed by atoms with van der Waals surface area (Å²) in [7, 11) is 3.66. The van der Waals surface area contributed by atoms with Crippen LogP contribution in [-0.2, 0) is 38.0 Å². The van der Waals surface area contributed by atoms with Gasteiger partial charge in [-0.2, -0.15) is 0 Å². The Bertz CT molecular complexity index is 1020. The summed E-state index contributed by atoms with van der Waals surface area (Å²) in [4.78, 5) is 29.2. The van der Waals surface area contributed by atoms with Crippen molar-refractivity contribution in [1.29, 1.82) is 0 Å². The molecule has 2 rings (SSSR count). The second-order valence-electron chi connectivity index (χ2n) is 15.1. The Morgan fingerprint density at radius 1 is 0.630 bits per heavy atom. The lowest BCUT2D eigenvalue weighted by atomic mass is 9.97. The van der Waals surface area contributed by atoms with Crippen LogP contribution >= 0.6 is 0 Å². The normalized spacial score (nSPS) is 28.7. The van der Waals surface area contributed by atoms with Gasteiger partial charge in [0.1, 0.15) is 36.6 Å². The molecule has 0 aromatic carbocycles. The van der Waals surface area contributed by atoms with E-state index in [0.717, 1.165) is 32.2 Å². The van der Waals surface area contributed by atoms with Crippen molar-refractivity contribution in [2.45, 2.75) is 187 Å².